The van der Waals surface area contributed by atoms with Crippen molar-refractivity contribution in [3.8, 4) is 0 Å². The van der Waals surface area contributed by atoms with Gasteiger partial charge in [0.2, 0.25) is 0 Å². The molecule has 0 bridgehead atoms. The lowest BCUT2D eigenvalue weighted by Crippen LogP contribution is -2.36. The van der Waals surface area contributed by atoms with E-state index in [4.69, 9.17) is 11.6 Å². The first kappa shape index (κ1) is 20.8. The van der Waals surface area contributed by atoms with Crippen LogP contribution in [0, 0.1) is 5.41 Å². The first-order valence-electron chi connectivity index (χ1n) is 11.1. The first-order valence-corrected chi connectivity index (χ1v) is 11.5. The Morgan fingerprint density at radius 2 is 1.62 bits per heavy atom. The van der Waals surface area contributed by atoms with Crippen LogP contribution in [-0.2, 0) is 11.3 Å². The van der Waals surface area contributed by atoms with Crippen LogP contribution < -0.4 is 10.2 Å². The highest BCUT2D eigenvalue weighted by Crippen LogP contribution is 2.49. The molecule has 1 heterocycles. The molecule has 4 heteroatoms. The van der Waals surface area contributed by atoms with Gasteiger partial charge in [-0.3, -0.25) is 4.79 Å². The molecule has 0 saturated carbocycles. The molecule has 3 nitrogen and oxygen atoms in total. The molecule has 1 aliphatic carbocycles. The number of fused-ring (bicyclic) bond motifs is 1. The van der Waals surface area contributed by atoms with Gasteiger partial charge in [0.15, 0.2) is 5.78 Å². The van der Waals surface area contributed by atoms with Crippen molar-refractivity contribution in [1.29, 1.82) is 0 Å². The molecule has 0 spiro atoms. The van der Waals surface area contributed by atoms with Gasteiger partial charge in [-0.15, -0.1) is 0 Å². The Hall–Kier alpha value is -3.04. The highest BCUT2D eigenvalue weighted by Gasteiger charge is 2.41. The minimum absolute atomic E-state index is 0.0858. The summed E-state index contributed by atoms with van der Waals surface area (Å²) in [5, 5.41) is 4.34. The van der Waals surface area contributed by atoms with Crippen LogP contribution >= 0.6 is 11.6 Å². The second-order valence-electron chi connectivity index (χ2n) is 9.51. The number of ketones is 1. The van der Waals surface area contributed by atoms with Gasteiger partial charge in [0, 0.05) is 29.3 Å². The van der Waals surface area contributed by atoms with Gasteiger partial charge in [0.25, 0.3) is 0 Å². The van der Waals surface area contributed by atoms with Crippen molar-refractivity contribution in [2.24, 2.45) is 5.41 Å². The zero-order chi connectivity index (χ0) is 22.3. The molecule has 1 atom stereocenters. The van der Waals surface area contributed by atoms with Gasteiger partial charge in [-0.2, -0.15) is 0 Å². The van der Waals surface area contributed by atoms with E-state index < -0.39 is 0 Å². The third kappa shape index (κ3) is 3.82. The molecule has 2 aliphatic rings. The normalized spacial score (nSPS) is 19.7. The van der Waals surface area contributed by atoms with Crippen LogP contribution in [0.25, 0.3) is 0 Å². The Morgan fingerprint density at radius 1 is 0.938 bits per heavy atom. The zero-order valence-electron chi connectivity index (χ0n) is 18.4. The number of hydrogen-bond acceptors (Lipinski definition) is 3. The van der Waals surface area contributed by atoms with E-state index >= 15 is 0 Å². The van der Waals surface area contributed by atoms with Crippen LogP contribution in [0.5, 0.6) is 0 Å². The van der Waals surface area contributed by atoms with Crippen molar-refractivity contribution in [1.82, 2.24) is 0 Å². The smallest absolute Gasteiger partial charge is 0.163 e. The highest BCUT2D eigenvalue weighted by atomic mass is 35.5. The van der Waals surface area contributed by atoms with Crippen LogP contribution in [0.1, 0.15) is 43.9 Å². The first-order chi connectivity index (χ1) is 15.4. The van der Waals surface area contributed by atoms with E-state index in [1.807, 2.05) is 30.3 Å². The SMILES string of the molecule is CC1(C)CC(=O)C2=C(C1)Nc1ccccc1N(Cc1ccccc1)[C@@H]2c1ccccc1Cl. The van der Waals surface area contributed by atoms with Gasteiger partial charge >= 0.3 is 0 Å². The molecule has 0 aromatic heterocycles. The van der Waals surface area contributed by atoms with Gasteiger partial charge < -0.3 is 10.2 Å². The molecular formula is C28H27ClN2O. The number of nitrogens with one attached hydrogen (secondary N) is 1. The van der Waals surface area contributed by atoms with E-state index in [0.29, 0.717) is 18.0 Å². The maximum absolute atomic E-state index is 13.7. The van der Waals surface area contributed by atoms with Gasteiger partial charge in [-0.05, 0) is 41.2 Å². The lowest BCUT2D eigenvalue weighted by atomic mass is 9.73. The average Bonchev–Trinajstić information content (AvgIpc) is 2.89. The van der Waals surface area contributed by atoms with Crippen molar-refractivity contribution in [2.75, 3.05) is 10.2 Å². The fraction of sp³-hybridized carbons (Fsp3) is 0.250. The van der Waals surface area contributed by atoms with E-state index in [0.717, 1.165) is 34.6 Å². The maximum Gasteiger partial charge on any atom is 0.163 e. The lowest BCUT2D eigenvalue weighted by Gasteiger charge is -2.38. The van der Waals surface area contributed by atoms with E-state index in [1.54, 1.807) is 0 Å². The molecule has 3 aromatic rings. The van der Waals surface area contributed by atoms with Crippen LogP contribution in [0.2, 0.25) is 5.02 Å². The Balaban J connectivity index is 1.77. The van der Waals surface area contributed by atoms with Gasteiger partial charge in [0.05, 0.1) is 17.4 Å². The minimum atomic E-state index is -0.265. The second-order valence-corrected chi connectivity index (χ2v) is 9.92. The zero-order valence-corrected chi connectivity index (χ0v) is 19.2. The number of benzene rings is 3. The molecule has 0 saturated heterocycles. The molecule has 0 radical (unpaired) electrons. The molecular weight excluding hydrogens is 416 g/mol. The quantitative estimate of drug-likeness (QED) is 0.467. The molecule has 32 heavy (non-hydrogen) atoms. The van der Waals surface area contributed by atoms with Crippen LogP contribution in [0.15, 0.2) is 90.1 Å². The lowest BCUT2D eigenvalue weighted by molar-refractivity contribution is -0.118. The molecule has 0 fully saturated rings. The summed E-state index contributed by atoms with van der Waals surface area (Å²) in [5.41, 5.74) is 6.01. The average molecular weight is 443 g/mol. The van der Waals surface area contributed by atoms with Crippen LogP contribution in [0.4, 0.5) is 11.4 Å². The number of rotatable bonds is 3. The summed E-state index contributed by atoms with van der Waals surface area (Å²) in [7, 11) is 0. The molecule has 5 rings (SSSR count). The summed E-state index contributed by atoms with van der Waals surface area (Å²) < 4.78 is 0. The van der Waals surface area contributed by atoms with Crippen molar-refractivity contribution < 1.29 is 4.79 Å². The minimum Gasteiger partial charge on any atom is -0.357 e. The molecule has 0 amide bonds. The summed E-state index contributed by atoms with van der Waals surface area (Å²) in [5.74, 6) is 0.194. The Labute approximate surface area is 194 Å². The summed E-state index contributed by atoms with van der Waals surface area (Å²) in [6, 6.07) is 26.4. The highest BCUT2D eigenvalue weighted by molar-refractivity contribution is 6.31. The van der Waals surface area contributed by atoms with Crippen LogP contribution in [-0.4, -0.2) is 5.78 Å². The topological polar surface area (TPSA) is 32.3 Å². The number of Topliss-reactive ketones (excluding diaryl/α,β-unsaturated/α-hetero) is 1. The molecule has 3 aromatic carbocycles. The fourth-order valence-electron chi connectivity index (χ4n) is 5.03. The largest absolute Gasteiger partial charge is 0.357 e. The molecule has 0 unspecified atom stereocenters. The van der Waals surface area contributed by atoms with Crippen LogP contribution in [0.3, 0.4) is 0 Å². The molecule has 162 valence electrons. The van der Waals surface area contributed by atoms with Gasteiger partial charge in [-0.25, -0.2) is 0 Å². The predicted molar refractivity (Wildman–Crippen MR) is 132 cm³/mol. The number of halogens is 1. The summed E-state index contributed by atoms with van der Waals surface area (Å²) in [6.45, 7) is 5.00. The van der Waals surface area contributed by atoms with Crippen molar-refractivity contribution in [2.45, 2.75) is 39.3 Å². The van der Waals surface area contributed by atoms with Gasteiger partial charge in [0.1, 0.15) is 0 Å². The molecule has 1 N–H and O–H groups in total. The van der Waals surface area contributed by atoms with E-state index in [-0.39, 0.29) is 17.2 Å². The fourth-order valence-corrected chi connectivity index (χ4v) is 5.27. The summed E-state index contributed by atoms with van der Waals surface area (Å²) >= 11 is 6.76. The Kier molecular flexibility index (Phi) is 5.30. The Bertz CT molecular complexity index is 1200. The van der Waals surface area contributed by atoms with E-state index in [2.05, 4.69) is 72.6 Å². The number of allylic oxidation sites excluding steroid dienone is 1. The standard InChI is InChI=1S/C28H27ClN2O/c1-28(2)16-23-26(25(32)17-28)27(20-12-6-7-13-21(20)29)31(18-19-10-4-3-5-11-19)24-15-9-8-14-22(24)30-23/h3-15,27,30H,16-18H2,1-2H3/t27-/m1/s1. The second kappa shape index (κ2) is 8.14. The number of anilines is 2. The van der Waals surface area contributed by atoms with Crippen molar-refractivity contribution >= 4 is 28.8 Å². The number of para-hydroxylation sites is 2. The maximum atomic E-state index is 13.7. The number of nitrogens with zero attached hydrogens (tertiary/aromatic N) is 1. The van der Waals surface area contributed by atoms with Crippen molar-refractivity contribution in [3.05, 3.63) is 106 Å². The van der Waals surface area contributed by atoms with Gasteiger partial charge in [-0.1, -0.05) is 86.1 Å². The summed E-state index contributed by atoms with van der Waals surface area (Å²) in [6.07, 6.45) is 1.35. The van der Waals surface area contributed by atoms with Crippen molar-refractivity contribution in [3.63, 3.8) is 0 Å². The predicted octanol–water partition coefficient (Wildman–Crippen LogP) is 7.16. The third-order valence-electron chi connectivity index (χ3n) is 6.40. The number of hydrogen-bond donors (Lipinski definition) is 1. The Morgan fingerprint density at radius 3 is 2.41 bits per heavy atom. The third-order valence-corrected chi connectivity index (χ3v) is 6.74. The summed E-state index contributed by atoms with van der Waals surface area (Å²) in [4.78, 5) is 16.0. The van der Waals surface area contributed by atoms with E-state index in [9.17, 15) is 4.79 Å². The monoisotopic (exact) mass is 442 g/mol. The van der Waals surface area contributed by atoms with E-state index in [1.165, 1.54) is 5.56 Å². The molecule has 1 aliphatic heterocycles. The number of carbonyl (C=O) groups excluding carboxylic acids is 1. The number of carbonyl (C=O) groups is 1.